The maximum atomic E-state index is 12.0. The molecule has 25 heavy (non-hydrogen) atoms. The van der Waals surface area contributed by atoms with Gasteiger partial charge in [0, 0.05) is 54.0 Å². The van der Waals surface area contributed by atoms with E-state index < -0.39 is 0 Å². The predicted octanol–water partition coefficient (Wildman–Crippen LogP) is 4.39. The number of hydrogen-bond acceptors (Lipinski definition) is 3. The third-order valence-corrected chi connectivity index (χ3v) is 5.57. The summed E-state index contributed by atoms with van der Waals surface area (Å²) in [7, 11) is 0. The Bertz CT molecular complexity index is 989. The van der Waals surface area contributed by atoms with Crippen molar-refractivity contribution in [3.8, 4) is 0 Å². The smallest absolute Gasteiger partial charge is 0.336 e. The van der Waals surface area contributed by atoms with Gasteiger partial charge >= 0.3 is 5.63 Å². The predicted molar refractivity (Wildman–Crippen MR) is 100 cm³/mol. The first kappa shape index (κ1) is 16.4. The molecule has 1 aliphatic rings. The number of hydrogen-bond donors (Lipinski definition) is 0. The van der Waals surface area contributed by atoms with Gasteiger partial charge in [-0.25, -0.2) is 4.79 Å². The fourth-order valence-corrected chi connectivity index (χ4v) is 4.05. The first-order chi connectivity index (χ1) is 12.1. The lowest BCUT2D eigenvalue weighted by molar-refractivity contribution is 0.161. The van der Waals surface area contributed by atoms with Gasteiger partial charge in [0.2, 0.25) is 0 Å². The Hall–Kier alpha value is -2.04. The number of rotatable bonds is 3. The molecule has 0 spiro atoms. The molecular formula is C20H21ClN2O2. The van der Waals surface area contributed by atoms with Crippen molar-refractivity contribution in [2.24, 2.45) is 0 Å². The van der Waals surface area contributed by atoms with Crippen molar-refractivity contribution in [2.45, 2.75) is 39.4 Å². The third-order valence-electron chi connectivity index (χ3n) is 5.22. The summed E-state index contributed by atoms with van der Waals surface area (Å²) < 4.78 is 7.72. The zero-order chi connectivity index (χ0) is 17.6. The van der Waals surface area contributed by atoms with Crippen molar-refractivity contribution in [2.75, 3.05) is 6.54 Å². The van der Waals surface area contributed by atoms with Crippen LogP contribution in [0, 0.1) is 0 Å². The molecule has 0 aliphatic carbocycles. The van der Waals surface area contributed by atoms with Crippen molar-refractivity contribution in [1.82, 2.24) is 9.47 Å². The summed E-state index contributed by atoms with van der Waals surface area (Å²) in [5.74, 6) is 0. The molecule has 0 N–H and O–H groups in total. The van der Waals surface area contributed by atoms with Crippen LogP contribution in [0.4, 0.5) is 0 Å². The number of aromatic nitrogens is 1. The van der Waals surface area contributed by atoms with Crippen LogP contribution < -0.4 is 5.63 Å². The molecule has 4 rings (SSSR count). The summed E-state index contributed by atoms with van der Waals surface area (Å²) >= 11 is 6.40. The molecule has 0 fully saturated rings. The van der Waals surface area contributed by atoms with E-state index in [4.69, 9.17) is 16.0 Å². The highest BCUT2D eigenvalue weighted by Gasteiger charge is 2.24. The van der Waals surface area contributed by atoms with Crippen molar-refractivity contribution < 1.29 is 4.42 Å². The molecule has 1 aromatic carbocycles. The number of benzene rings is 1. The number of halogens is 1. The second kappa shape index (κ2) is 6.36. The summed E-state index contributed by atoms with van der Waals surface area (Å²) in [6.07, 6.45) is 2.94. The molecule has 5 heteroatoms. The van der Waals surface area contributed by atoms with Crippen molar-refractivity contribution in [1.29, 1.82) is 0 Å². The normalized spacial score (nSPS) is 17.8. The monoisotopic (exact) mass is 356 g/mol. The molecule has 4 nitrogen and oxygen atoms in total. The molecule has 0 amide bonds. The average Bonchev–Trinajstić information content (AvgIpc) is 3.07. The van der Waals surface area contributed by atoms with Gasteiger partial charge in [0.25, 0.3) is 0 Å². The molecule has 130 valence electrons. The van der Waals surface area contributed by atoms with Crippen LogP contribution in [0.25, 0.3) is 11.0 Å². The van der Waals surface area contributed by atoms with Crippen LogP contribution in [0.2, 0.25) is 5.02 Å². The fourth-order valence-electron chi connectivity index (χ4n) is 3.75. The number of aryl methyl sites for hydroxylation is 1. The quantitative estimate of drug-likeness (QED) is 0.653. The molecule has 1 atom stereocenters. The standard InChI is InChI=1S/C20H21ClN2O2/c1-3-14-9-19-16(11-17(14)21)15(10-20(24)25-19)12-23-8-7-22-6-4-5-18(22)13(23)2/h4-6,9-11,13H,3,7-8,12H2,1-2H3/t13-/m1/s1. The second-order valence-corrected chi connectivity index (χ2v) is 7.06. The number of fused-ring (bicyclic) bond motifs is 2. The topological polar surface area (TPSA) is 38.4 Å². The van der Waals surface area contributed by atoms with Crippen molar-refractivity contribution in [3.05, 3.63) is 68.8 Å². The molecule has 0 bridgehead atoms. The van der Waals surface area contributed by atoms with Gasteiger partial charge in [-0.05, 0) is 48.7 Å². The Morgan fingerprint density at radius 1 is 1.24 bits per heavy atom. The minimum atomic E-state index is -0.306. The lowest BCUT2D eigenvalue weighted by Crippen LogP contribution is -2.36. The summed E-state index contributed by atoms with van der Waals surface area (Å²) in [5.41, 5.74) is 3.60. The van der Waals surface area contributed by atoms with Crippen LogP contribution in [-0.4, -0.2) is 16.0 Å². The third kappa shape index (κ3) is 2.90. The zero-order valence-corrected chi connectivity index (χ0v) is 15.2. The Kier molecular flexibility index (Phi) is 4.18. The van der Waals surface area contributed by atoms with Gasteiger partial charge in [0.1, 0.15) is 5.58 Å². The molecule has 0 unspecified atom stereocenters. The Morgan fingerprint density at radius 2 is 2.08 bits per heavy atom. The average molecular weight is 357 g/mol. The van der Waals surface area contributed by atoms with Crippen LogP contribution in [0.5, 0.6) is 0 Å². The molecular weight excluding hydrogens is 336 g/mol. The maximum absolute atomic E-state index is 12.0. The van der Waals surface area contributed by atoms with E-state index in [-0.39, 0.29) is 5.63 Å². The highest BCUT2D eigenvalue weighted by atomic mass is 35.5. The van der Waals surface area contributed by atoms with Gasteiger partial charge < -0.3 is 8.98 Å². The van der Waals surface area contributed by atoms with Crippen molar-refractivity contribution >= 4 is 22.6 Å². The van der Waals surface area contributed by atoms with Gasteiger partial charge in [0.05, 0.1) is 0 Å². The highest BCUT2D eigenvalue weighted by Crippen LogP contribution is 2.30. The SMILES string of the molecule is CCc1cc2oc(=O)cc(CN3CCn4cccc4[C@H]3C)c2cc1Cl. The molecule has 0 radical (unpaired) electrons. The lowest BCUT2D eigenvalue weighted by atomic mass is 10.0. The first-order valence-electron chi connectivity index (χ1n) is 8.71. The van der Waals surface area contributed by atoms with Crippen LogP contribution in [-0.2, 0) is 19.5 Å². The molecule has 0 saturated carbocycles. The van der Waals surface area contributed by atoms with Crippen molar-refractivity contribution in [3.63, 3.8) is 0 Å². The number of nitrogens with zero attached hydrogens (tertiary/aromatic N) is 2. The van der Waals surface area contributed by atoms with Crippen LogP contribution in [0.3, 0.4) is 0 Å². The van der Waals surface area contributed by atoms with E-state index in [1.807, 2.05) is 19.1 Å². The summed E-state index contributed by atoms with van der Waals surface area (Å²) in [6, 6.07) is 9.99. The van der Waals surface area contributed by atoms with E-state index in [0.717, 1.165) is 41.0 Å². The fraction of sp³-hybridized carbons (Fsp3) is 0.350. The molecule has 2 aromatic heterocycles. The first-order valence-corrected chi connectivity index (χ1v) is 9.09. The molecule has 3 aromatic rings. The van der Waals surface area contributed by atoms with Gasteiger partial charge in [-0.2, -0.15) is 0 Å². The lowest BCUT2D eigenvalue weighted by Gasteiger charge is -2.35. The molecule has 3 heterocycles. The van der Waals surface area contributed by atoms with E-state index >= 15 is 0 Å². The van der Waals surface area contributed by atoms with Gasteiger partial charge in [-0.1, -0.05) is 18.5 Å². The van der Waals surface area contributed by atoms with Gasteiger partial charge in [-0.3, -0.25) is 4.90 Å². The van der Waals surface area contributed by atoms with E-state index in [0.29, 0.717) is 18.2 Å². The van der Waals surface area contributed by atoms with E-state index in [1.54, 1.807) is 6.07 Å². The Morgan fingerprint density at radius 3 is 2.88 bits per heavy atom. The maximum Gasteiger partial charge on any atom is 0.336 e. The summed E-state index contributed by atoms with van der Waals surface area (Å²) in [4.78, 5) is 14.4. The summed E-state index contributed by atoms with van der Waals surface area (Å²) in [6.45, 7) is 6.87. The Balaban J connectivity index is 1.74. The molecule has 1 aliphatic heterocycles. The van der Waals surface area contributed by atoms with Crippen LogP contribution >= 0.6 is 11.6 Å². The highest BCUT2D eigenvalue weighted by molar-refractivity contribution is 6.32. The minimum Gasteiger partial charge on any atom is -0.423 e. The van der Waals surface area contributed by atoms with Crippen LogP contribution in [0.15, 0.2) is 45.7 Å². The Labute approximate surface area is 151 Å². The zero-order valence-electron chi connectivity index (χ0n) is 14.5. The minimum absolute atomic E-state index is 0.302. The van der Waals surface area contributed by atoms with E-state index in [1.165, 1.54) is 5.69 Å². The summed E-state index contributed by atoms with van der Waals surface area (Å²) in [5, 5.41) is 1.65. The molecule has 0 saturated heterocycles. The largest absolute Gasteiger partial charge is 0.423 e. The van der Waals surface area contributed by atoms with E-state index in [9.17, 15) is 4.79 Å². The van der Waals surface area contributed by atoms with Gasteiger partial charge in [-0.15, -0.1) is 0 Å². The van der Waals surface area contributed by atoms with Crippen LogP contribution in [0.1, 0.15) is 36.7 Å². The second-order valence-electron chi connectivity index (χ2n) is 6.66. The van der Waals surface area contributed by atoms with Gasteiger partial charge in [0.15, 0.2) is 0 Å². The van der Waals surface area contributed by atoms with E-state index in [2.05, 4.69) is 34.7 Å².